The van der Waals surface area contributed by atoms with Crippen LogP contribution < -0.4 is 21.1 Å². The number of nitrogens with one attached hydrogen (secondary N) is 2. The van der Waals surface area contributed by atoms with Gasteiger partial charge in [0, 0.05) is 18.8 Å². The highest BCUT2D eigenvalue weighted by atomic mass is 19.4. The Morgan fingerprint density at radius 2 is 1.95 bits per heavy atom. The number of aryl methyl sites for hydroxylation is 1. The molecule has 2 N–H and O–H groups in total. The van der Waals surface area contributed by atoms with Crippen LogP contribution in [-0.2, 0) is 39.2 Å². The molecular formula is C25H28F3N7O4. The molecule has 14 heteroatoms. The third-order valence-electron chi connectivity index (χ3n) is 7.62. The lowest BCUT2D eigenvalue weighted by Gasteiger charge is -2.33. The quantitative estimate of drug-likeness (QED) is 0.509. The predicted octanol–water partition coefficient (Wildman–Crippen LogP) is 1.80. The van der Waals surface area contributed by atoms with E-state index in [4.69, 9.17) is 9.47 Å². The number of amides is 1. The first-order valence-corrected chi connectivity index (χ1v) is 12.8. The van der Waals surface area contributed by atoms with Crippen molar-refractivity contribution in [2.75, 3.05) is 49.6 Å². The molecule has 1 aromatic carbocycles. The molecule has 3 aliphatic rings. The second-order valence-electron chi connectivity index (χ2n) is 10.0. The van der Waals surface area contributed by atoms with Gasteiger partial charge < -0.3 is 29.6 Å². The van der Waals surface area contributed by atoms with Crippen LogP contribution in [0.25, 0.3) is 5.78 Å². The van der Waals surface area contributed by atoms with Gasteiger partial charge in [0.2, 0.25) is 17.6 Å². The van der Waals surface area contributed by atoms with E-state index in [-0.39, 0.29) is 35.7 Å². The van der Waals surface area contributed by atoms with Crippen molar-refractivity contribution in [1.82, 2.24) is 24.5 Å². The average Bonchev–Trinajstić information content (AvgIpc) is 3.51. The van der Waals surface area contributed by atoms with E-state index in [0.717, 1.165) is 12.1 Å². The number of carbonyl (C=O) groups excluding carboxylic acids is 1. The summed E-state index contributed by atoms with van der Waals surface area (Å²) in [6, 6.07) is 3.16. The zero-order chi connectivity index (χ0) is 27.4. The van der Waals surface area contributed by atoms with Gasteiger partial charge in [-0.3, -0.25) is 9.59 Å². The van der Waals surface area contributed by atoms with Gasteiger partial charge in [-0.25, -0.2) is 0 Å². The van der Waals surface area contributed by atoms with Gasteiger partial charge in [0.15, 0.2) is 0 Å². The van der Waals surface area contributed by atoms with Crippen LogP contribution in [0.2, 0.25) is 0 Å². The number of piperidine rings is 1. The first-order chi connectivity index (χ1) is 18.7. The summed E-state index contributed by atoms with van der Waals surface area (Å²) in [5, 5.41) is 10.5. The van der Waals surface area contributed by atoms with Crippen molar-refractivity contribution < 1.29 is 27.4 Å². The minimum absolute atomic E-state index is 0.132. The Hall–Kier alpha value is -3.49. The number of hydrogen-bond donors (Lipinski definition) is 2. The molecule has 0 atom stereocenters. The first kappa shape index (κ1) is 25.8. The van der Waals surface area contributed by atoms with E-state index in [1.807, 2.05) is 4.90 Å². The van der Waals surface area contributed by atoms with E-state index in [9.17, 15) is 22.8 Å². The number of aromatic nitrogens is 4. The molecule has 0 aliphatic carbocycles. The summed E-state index contributed by atoms with van der Waals surface area (Å²) < 4.78 is 53.8. The Labute approximate surface area is 220 Å². The van der Waals surface area contributed by atoms with E-state index in [2.05, 4.69) is 20.7 Å². The fourth-order valence-corrected chi connectivity index (χ4v) is 5.58. The maximum Gasteiger partial charge on any atom is 0.416 e. The molecule has 2 fully saturated rings. The van der Waals surface area contributed by atoms with Gasteiger partial charge in [0.05, 0.1) is 36.6 Å². The fourth-order valence-electron chi connectivity index (χ4n) is 5.58. The number of fused-ring (bicyclic) bond motifs is 3. The number of halogens is 3. The van der Waals surface area contributed by atoms with Crippen molar-refractivity contribution in [2.24, 2.45) is 0 Å². The van der Waals surface area contributed by atoms with E-state index in [0.29, 0.717) is 69.4 Å². The predicted molar refractivity (Wildman–Crippen MR) is 134 cm³/mol. The number of nitrogens with zero attached hydrogens (tertiary/aromatic N) is 5. The topological polar surface area (TPSA) is 115 Å². The molecular weight excluding hydrogens is 519 g/mol. The van der Waals surface area contributed by atoms with Crippen molar-refractivity contribution in [3.63, 3.8) is 0 Å². The summed E-state index contributed by atoms with van der Waals surface area (Å²) in [6.45, 7) is 4.92. The number of ether oxygens (including phenoxy) is 2. The third-order valence-corrected chi connectivity index (χ3v) is 7.62. The van der Waals surface area contributed by atoms with Crippen LogP contribution in [0, 0.1) is 6.92 Å². The number of anilines is 2. The van der Waals surface area contributed by atoms with E-state index in [1.165, 1.54) is 17.5 Å². The van der Waals surface area contributed by atoms with Crippen LogP contribution in [0.15, 0.2) is 23.0 Å². The second kappa shape index (κ2) is 9.61. The Balaban J connectivity index is 1.40. The Bertz CT molecular complexity index is 1490. The number of benzene rings is 1. The molecule has 0 unspecified atom stereocenters. The lowest BCUT2D eigenvalue weighted by atomic mass is 9.86. The Morgan fingerprint density at radius 3 is 2.64 bits per heavy atom. The maximum atomic E-state index is 13.8. The van der Waals surface area contributed by atoms with Crippen molar-refractivity contribution >= 4 is 23.3 Å². The molecule has 0 radical (unpaired) electrons. The molecule has 1 amide bonds. The second-order valence-corrected chi connectivity index (χ2v) is 10.0. The summed E-state index contributed by atoms with van der Waals surface area (Å²) in [4.78, 5) is 33.6. The molecule has 3 aliphatic heterocycles. The fraction of sp³-hybridized carbons (Fsp3) is 0.520. The highest BCUT2D eigenvalue weighted by molar-refractivity contribution is 5.91. The van der Waals surface area contributed by atoms with Crippen molar-refractivity contribution in [2.45, 2.75) is 44.7 Å². The van der Waals surface area contributed by atoms with Gasteiger partial charge in [-0.05, 0) is 56.6 Å². The number of carbonyl (C=O) groups is 1. The molecule has 0 saturated carbocycles. The normalized spacial score (nSPS) is 19.0. The molecule has 39 heavy (non-hydrogen) atoms. The Kier molecular flexibility index (Phi) is 6.35. The van der Waals surface area contributed by atoms with Crippen LogP contribution in [0.3, 0.4) is 0 Å². The van der Waals surface area contributed by atoms with Gasteiger partial charge in [-0.2, -0.15) is 22.7 Å². The summed E-state index contributed by atoms with van der Waals surface area (Å²) in [7, 11) is 0. The minimum atomic E-state index is -4.48. The first-order valence-electron chi connectivity index (χ1n) is 12.8. The van der Waals surface area contributed by atoms with Gasteiger partial charge in [0.25, 0.3) is 5.56 Å². The zero-order valence-corrected chi connectivity index (χ0v) is 21.3. The highest BCUT2D eigenvalue weighted by Crippen LogP contribution is 2.41. The van der Waals surface area contributed by atoms with Crippen LogP contribution in [-0.4, -0.2) is 64.5 Å². The molecule has 11 nitrogen and oxygen atoms in total. The number of morpholine rings is 1. The molecule has 6 rings (SSSR count). The molecule has 2 aromatic heterocycles. The minimum Gasteiger partial charge on any atom is -0.378 e. The molecule has 1 spiro atoms. The molecule has 2 saturated heterocycles. The Morgan fingerprint density at radius 1 is 1.21 bits per heavy atom. The third kappa shape index (κ3) is 4.55. The van der Waals surface area contributed by atoms with Crippen LogP contribution in [0.1, 0.15) is 35.2 Å². The smallest absolute Gasteiger partial charge is 0.378 e. The number of alkyl halides is 3. The number of rotatable bonds is 4. The van der Waals surface area contributed by atoms with Crippen LogP contribution in [0.4, 0.5) is 24.8 Å². The maximum absolute atomic E-state index is 13.8. The van der Waals surface area contributed by atoms with Crippen molar-refractivity contribution in [3.8, 4) is 0 Å². The largest absolute Gasteiger partial charge is 0.416 e. The lowest BCUT2D eigenvalue weighted by Crippen LogP contribution is -2.43. The van der Waals surface area contributed by atoms with Gasteiger partial charge in [0.1, 0.15) is 12.1 Å². The lowest BCUT2D eigenvalue weighted by molar-refractivity contribution is -0.137. The summed E-state index contributed by atoms with van der Waals surface area (Å²) in [5.74, 6) is 0.0917. The van der Waals surface area contributed by atoms with Crippen molar-refractivity contribution in [1.29, 1.82) is 0 Å². The van der Waals surface area contributed by atoms with Crippen LogP contribution in [0.5, 0.6) is 0 Å². The number of hydrogen-bond acceptors (Lipinski definition) is 8. The summed E-state index contributed by atoms with van der Waals surface area (Å²) in [5.41, 5.74) is -0.295. The summed E-state index contributed by atoms with van der Waals surface area (Å²) in [6.07, 6.45) is -3.28. The standard InChI is InChI=1S/C25H28F3N7O4/c1-15-12-16(25(26,27)28)2-3-17(15)30-19(36)13-34-18-14-39-24(4-6-29-7-5-24)20(18)21(37)35-23(34)31-22(32-35)33-8-10-38-11-9-33/h2-3,12,29H,4-11,13-14H2,1H3,(H,30,36). The summed E-state index contributed by atoms with van der Waals surface area (Å²) >= 11 is 0. The van der Waals surface area contributed by atoms with Crippen molar-refractivity contribution in [3.05, 3.63) is 50.9 Å². The van der Waals surface area contributed by atoms with Gasteiger partial charge in [-0.15, -0.1) is 5.10 Å². The zero-order valence-electron chi connectivity index (χ0n) is 21.3. The van der Waals surface area contributed by atoms with E-state index < -0.39 is 23.2 Å². The SMILES string of the molecule is Cc1cc(C(F)(F)F)ccc1NC(=O)Cn1c2c(c(=O)n3nc(N4CCOCC4)nc13)C1(CCNCC1)OC2. The monoisotopic (exact) mass is 547 g/mol. The molecule has 3 aromatic rings. The molecule has 0 bridgehead atoms. The average molecular weight is 548 g/mol. The highest BCUT2D eigenvalue weighted by Gasteiger charge is 2.46. The van der Waals surface area contributed by atoms with Gasteiger partial charge in [-0.1, -0.05) is 0 Å². The van der Waals surface area contributed by atoms with E-state index >= 15 is 0 Å². The van der Waals surface area contributed by atoms with E-state index in [1.54, 1.807) is 4.57 Å². The molecule has 5 heterocycles. The molecule has 208 valence electrons. The van der Waals surface area contributed by atoms with Gasteiger partial charge >= 0.3 is 6.18 Å². The van der Waals surface area contributed by atoms with Crippen LogP contribution >= 0.6 is 0 Å².